The summed E-state index contributed by atoms with van der Waals surface area (Å²) in [7, 11) is 1.57. The minimum absolute atomic E-state index is 0.203. The van der Waals surface area contributed by atoms with Crippen molar-refractivity contribution in [3.05, 3.63) is 94.2 Å². The van der Waals surface area contributed by atoms with Crippen LogP contribution in [0.1, 0.15) is 27.7 Å². The molecule has 0 fully saturated rings. The third-order valence-corrected chi connectivity index (χ3v) is 4.50. The predicted octanol–water partition coefficient (Wildman–Crippen LogP) is 4.37. The molecule has 0 aliphatic carbocycles. The Balaban J connectivity index is 1.95. The Hall–Kier alpha value is -2.66. The number of ether oxygens (including phenoxy) is 1. The minimum atomic E-state index is -0.340. The van der Waals surface area contributed by atoms with Crippen molar-refractivity contribution in [2.75, 3.05) is 7.11 Å². The van der Waals surface area contributed by atoms with Crippen LogP contribution in [-0.4, -0.2) is 18.0 Å². The van der Waals surface area contributed by atoms with Gasteiger partial charge in [-0.3, -0.25) is 9.78 Å². The first kappa shape index (κ1) is 17.2. The van der Waals surface area contributed by atoms with Crippen LogP contribution < -0.4 is 10.1 Å². The van der Waals surface area contributed by atoms with E-state index in [0.29, 0.717) is 15.8 Å². The highest BCUT2D eigenvalue weighted by molar-refractivity contribution is 9.10. The quantitative estimate of drug-likeness (QED) is 0.696. The molecule has 3 aromatic rings. The molecule has 0 saturated heterocycles. The zero-order chi connectivity index (χ0) is 17.6. The molecular formula is C20H17BrN2O2. The van der Waals surface area contributed by atoms with E-state index in [-0.39, 0.29) is 11.9 Å². The number of nitrogens with one attached hydrogen (secondary N) is 1. The number of nitrogens with zero attached hydrogens (tertiary/aromatic N) is 1. The van der Waals surface area contributed by atoms with Gasteiger partial charge in [-0.25, -0.2) is 0 Å². The van der Waals surface area contributed by atoms with Gasteiger partial charge in [-0.05, 0) is 51.8 Å². The zero-order valence-electron chi connectivity index (χ0n) is 13.6. The lowest BCUT2D eigenvalue weighted by molar-refractivity contribution is 0.0941. The van der Waals surface area contributed by atoms with E-state index < -0.39 is 0 Å². The number of methoxy groups -OCH3 is 1. The zero-order valence-corrected chi connectivity index (χ0v) is 15.2. The molecule has 4 nitrogen and oxygen atoms in total. The lowest BCUT2D eigenvalue weighted by atomic mass is 10.0. The van der Waals surface area contributed by atoms with Crippen LogP contribution in [0.25, 0.3) is 0 Å². The van der Waals surface area contributed by atoms with Gasteiger partial charge in [-0.15, -0.1) is 0 Å². The van der Waals surface area contributed by atoms with E-state index in [4.69, 9.17) is 4.74 Å². The number of hydrogen-bond donors (Lipinski definition) is 1. The summed E-state index contributed by atoms with van der Waals surface area (Å²) in [6, 6.07) is 20.4. The second-order valence-electron chi connectivity index (χ2n) is 5.42. The topological polar surface area (TPSA) is 51.2 Å². The maximum absolute atomic E-state index is 12.9. The Morgan fingerprint density at radius 2 is 1.84 bits per heavy atom. The molecule has 0 saturated carbocycles. The van der Waals surface area contributed by atoms with Crippen LogP contribution in [0.15, 0.2) is 77.4 Å². The molecule has 1 heterocycles. The van der Waals surface area contributed by atoms with E-state index in [1.807, 2.05) is 48.5 Å². The molecule has 0 unspecified atom stereocenters. The summed E-state index contributed by atoms with van der Waals surface area (Å²) >= 11 is 3.43. The number of halogens is 1. The Labute approximate surface area is 155 Å². The summed E-state index contributed by atoms with van der Waals surface area (Å²) in [5.74, 6) is 0.424. The van der Waals surface area contributed by atoms with E-state index in [9.17, 15) is 4.79 Å². The number of rotatable bonds is 5. The molecule has 0 bridgehead atoms. The van der Waals surface area contributed by atoms with Crippen molar-refractivity contribution < 1.29 is 9.53 Å². The molecule has 1 aromatic heterocycles. The van der Waals surface area contributed by atoms with Gasteiger partial charge in [0.05, 0.1) is 24.4 Å². The predicted molar refractivity (Wildman–Crippen MR) is 101 cm³/mol. The van der Waals surface area contributed by atoms with Crippen molar-refractivity contribution >= 4 is 21.8 Å². The van der Waals surface area contributed by atoms with Gasteiger partial charge < -0.3 is 10.1 Å². The van der Waals surface area contributed by atoms with Crippen LogP contribution in [0.4, 0.5) is 0 Å². The molecule has 5 heteroatoms. The summed E-state index contributed by atoms with van der Waals surface area (Å²) in [6.07, 6.45) is 1.72. The highest BCUT2D eigenvalue weighted by Gasteiger charge is 2.20. The fourth-order valence-electron chi connectivity index (χ4n) is 2.53. The first-order valence-corrected chi connectivity index (χ1v) is 8.58. The largest absolute Gasteiger partial charge is 0.497 e. The average Bonchev–Trinajstić information content (AvgIpc) is 2.67. The van der Waals surface area contributed by atoms with Gasteiger partial charge in [-0.1, -0.05) is 36.4 Å². The fraction of sp³-hybridized carbons (Fsp3) is 0.100. The van der Waals surface area contributed by atoms with Gasteiger partial charge in [0.15, 0.2) is 0 Å². The molecule has 3 rings (SSSR count). The van der Waals surface area contributed by atoms with Gasteiger partial charge in [-0.2, -0.15) is 0 Å². The number of pyridine rings is 1. The van der Waals surface area contributed by atoms with E-state index in [1.54, 1.807) is 31.5 Å². The monoisotopic (exact) mass is 396 g/mol. The smallest absolute Gasteiger partial charge is 0.253 e. The Kier molecular flexibility index (Phi) is 5.46. The number of benzene rings is 2. The fourth-order valence-corrected chi connectivity index (χ4v) is 2.96. The molecule has 2 aromatic carbocycles. The first-order chi connectivity index (χ1) is 12.2. The third kappa shape index (κ3) is 4.06. The van der Waals surface area contributed by atoms with Gasteiger partial charge in [0.25, 0.3) is 5.91 Å². The van der Waals surface area contributed by atoms with E-state index in [1.165, 1.54) is 0 Å². The normalized spacial score (nSPS) is 11.6. The highest BCUT2D eigenvalue weighted by Crippen LogP contribution is 2.25. The summed E-state index contributed by atoms with van der Waals surface area (Å²) in [6.45, 7) is 0. The molecule has 126 valence electrons. The van der Waals surface area contributed by atoms with E-state index in [2.05, 4.69) is 26.2 Å². The highest BCUT2D eigenvalue weighted by atomic mass is 79.9. The first-order valence-electron chi connectivity index (χ1n) is 7.79. The van der Waals surface area contributed by atoms with Crippen LogP contribution in [-0.2, 0) is 0 Å². The number of carbonyl (C=O) groups excluding carboxylic acids is 1. The van der Waals surface area contributed by atoms with Crippen molar-refractivity contribution in [1.29, 1.82) is 0 Å². The van der Waals surface area contributed by atoms with E-state index in [0.717, 1.165) is 11.3 Å². The summed E-state index contributed by atoms with van der Waals surface area (Å²) in [5.41, 5.74) is 2.26. The van der Waals surface area contributed by atoms with Crippen LogP contribution in [0.2, 0.25) is 0 Å². The van der Waals surface area contributed by atoms with Gasteiger partial charge in [0.2, 0.25) is 0 Å². The SMILES string of the molecule is COc1ccc(Br)c(C(=O)N[C@H](c2ccccc2)c2ccccn2)c1. The standard InChI is InChI=1S/C20H17BrN2O2/c1-25-15-10-11-17(21)16(13-15)20(24)23-19(14-7-3-2-4-8-14)18-9-5-6-12-22-18/h2-13,19H,1H3,(H,23,24)/t19-/m1/s1. The number of aromatic nitrogens is 1. The Morgan fingerprint density at radius 1 is 1.08 bits per heavy atom. The molecular weight excluding hydrogens is 380 g/mol. The second-order valence-corrected chi connectivity index (χ2v) is 6.27. The van der Waals surface area contributed by atoms with Crippen LogP contribution in [0.5, 0.6) is 5.75 Å². The lowest BCUT2D eigenvalue weighted by Crippen LogP contribution is -2.30. The molecule has 1 amide bonds. The lowest BCUT2D eigenvalue weighted by Gasteiger charge is -2.19. The van der Waals surface area contributed by atoms with Gasteiger partial charge in [0.1, 0.15) is 5.75 Å². The molecule has 0 aliphatic heterocycles. The Bertz CT molecular complexity index is 815. The van der Waals surface area contributed by atoms with Crippen molar-refractivity contribution in [3.63, 3.8) is 0 Å². The number of amides is 1. The van der Waals surface area contributed by atoms with Crippen molar-refractivity contribution in [1.82, 2.24) is 10.3 Å². The Morgan fingerprint density at radius 3 is 2.52 bits per heavy atom. The van der Waals surface area contributed by atoms with Crippen molar-refractivity contribution in [2.24, 2.45) is 0 Å². The number of carbonyl (C=O) groups is 1. The van der Waals surface area contributed by atoms with Crippen molar-refractivity contribution in [3.8, 4) is 5.75 Å². The van der Waals surface area contributed by atoms with Crippen LogP contribution in [0, 0.1) is 0 Å². The molecule has 25 heavy (non-hydrogen) atoms. The maximum atomic E-state index is 12.9. The second kappa shape index (κ2) is 7.94. The number of hydrogen-bond acceptors (Lipinski definition) is 3. The van der Waals surface area contributed by atoms with Gasteiger partial charge in [0, 0.05) is 10.7 Å². The molecule has 0 aliphatic rings. The summed E-state index contributed by atoms with van der Waals surface area (Å²) < 4.78 is 5.93. The molecule has 0 radical (unpaired) electrons. The summed E-state index contributed by atoms with van der Waals surface area (Å²) in [5, 5.41) is 3.07. The van der Waals surface area contributed by atoms with Crippen LogP contribution in [0.3, 0.4) is 0 Å². The van der Waals surface area contributed by atoms with Crippen molar-refractivity contribution in [2.45, 2.75) is 6.04 Å². The third-order valence-electron chi connectivity index (χ3n) is 3.81. The molecule has 0 spiro atoms. The maximum Gasteiger partial charge on any atom is 0.253 e. The molecule has 1 N–H and O–H groups in total. The minimum Gasteiger partial charge on any atom is -0.497 e. The van der Waals surface area contributed by atoms with Gasteiger partial charge >= 0.3 is 0 Å². The average molecular weight is 397 g/mol. The summed E-state index contributed by atoms with van der Waals surface area (Å²) in [4.78, 5) is 17.3. The molecule has 1 atom stereocenters. The van der Waals surface area contributed by atoms with E-state index >= 15 is 0 Å². The van der Waals surface area contributed by atoms with Crippen LogP contribution >= 0.6 is 15.9 Å².